The van der Waals surface area contributed by atoms with Crippen LogP contribution in [-0.4, -0.2) is 58.6 Å². The molecule has 0 spiro atoms. The van der Waals surface area contributed by atoms with Gasteiger partial charge < -0.3 is 30.6 Å². The largest absolute Gasteiger partial charge is 0.394 e. The van der Waals surface area contributed by atoms with Crippen molar-refractivity contribution in [1.29, 1.82) is 0 Å². The topological polar surface area (TPSA) is 122 Å². The maximum absolute atomic E-state index is 14.1. The Labute approximate surface area is 269 Å². The van der Waals surface area contributed by atoms with E-state index in [0.29, 0.717) is 36.4 Å². The van der Waals surface area contributed by atoms with Crippen LogP contribution < -0.4 is 15.5 Å². The lowest BCUT2D eigenvalue weighted by atomic mass is 9.82. The molecule has 9 nitrogen and oxygen atoms in total. The lowest BCUT2D eigenvalue weighted by molar-refractivity contribution is -0.139. The van der Waals surface area contributed by atoms with Crippen LogP contribution in [0.3, 0.4) is 0 Å². The molecule has 4 atom stereocenters. The molecule has 3 aromatic rings. The molecule has 240 valence electrons. The number of nitrogens with zero attached hydrogens (tertiary/aromatic N) is 2. The summed E-state index contributed by atoms with van der Waals surface area (Å²) in [5.74, 6) is -1.50. The molecule has 1 unspecified atom stereocenters. The van der Waals surface area contributed by atoms with Gasteiger partial charge in [0, 0.05) is 36.7 Å². The van der Waals surface area contributed by atoms with Gasteiger partial charge in [-0.05, 0) is 60.7 Å². The molecule has 3 amide bonds. The van der Waals surface area contributed by atoms with Crippen molar-refractivity contribution in [2.45, 2.75) is 57.3 Å². The monoisotopic (exact) mass is 622 g/mol. The van der Waals surface area contributed by atoms with Gasteiger partial charge in [0.2, 0.25) is 11.8 Å². The van der Waals surface area contributed by atoms with Gasteiger partial charge in [0.15, 0.2) is 5.60 Å². The number of hydrogen-bond donors (Lipinski definition) is 4. The van der Waals surface area contributed by atoms with E-state index >= 15 is 0 Å². The average molecular weight is 623 g/mol. The molecule has 0 radical (unpaired) electrons. The van der Waals surface area contributed by atoms with Crippen LogP contribution >= 0.6 is 0 Å². The maximum Gasteiger partial charge on any atom is 0.264 e. The van der Waals surface area contributed by atoms with E-state index in [2.05, 4.69) is 10.6 Å². The Balaban J connectivity index is 1.23. The van der Waals surface area contributed by atoms with E-state index in [1.807, 2.05) is 54.6 Å². The summed E-state index contributed by atoms with van der Waals surface area (Å²) in [5, 5.41) is 28.5. The zero-order chi connectivity index (χ0) is 32.3. The second-order valence-electron chi connectivity index (χ2n) is 12.7. The van der Waals surface area contributed by atoms with Gasteiger partial charge in [-0.3, -0.25) is 14.4 Å². The number of amides is 3. The van der Waals surface area contributed by atoms with Crippen LogP contribution in [0.1, 0.15) is 48.4 Å². The van der Waals surface area contributed by atoms with E-state index in [1.54, 1.807) is 47.1 Å². The summed E-state index contributed by atoms with van der Waals surface area (Å²) in [7, 11) is 0. The van der Waals surface area contributed by atoms with Gasteiger partial charge in [-0.25, -0.2) is 0 Å². The van der Waals surface area contributed by atoms with Crippen molar-refractivity contribution in [3.05, 3.63) is 107 Å². The van der Waals surface area contributed by atoms with Gasteiger partial charge in [-0.15, -0.1) is 0 Å². The lowest BCUT2D eigenvalue weighted by Crippen LogP contribution is -2.46. The SMILES string of the molecule is C[C@H](/C=C/CC(=O)N1Cc2ccccc2C[C@H]1CO)[C@@]1(O)C(=O)N(Cc2ccccc2)c2ccc(NC(=O)C3CCCNC3)cc21. The first-order valence-electron chi connectivity index (χ1n) is 16.2. The van der Waals surface area contributed by atoms with E-state index in [-0.39, 0.29) is 43.3 Å². The number of piperidine rings is 1. The zero-order valence-corrected chi connectivity index (χ0v) is 26.2. The Morgan fingerprint density at radius 1 is 1.09 bits per heavy atom. The van der Waals surface area contributed by atoms with Crippen molar-refractivity contribution < 1.29 is 24.6 Å². The fourth-order valence-electron chi connectivity index (χ4n) is 6.94. The van der Waals surface area contributed by atoms with Gasteiger partial charge >= 0.3 is 0 Å². The number of rotatable bonds is 9. The van der Waals surface area contributed by atoms with Crippen molar-refractivity contribution >= 4 is 29.1 Å². The molecule has 3 heterocycles. The number of benzene rings is 3. The summed E-state index contributed by atoms with van der Waals surface area (Å²) >= 11 is 0. The van der Waals surface area contributed by atoms with Crippen LogP contribution in [0.2, 0.25) is 0 Å². The molecule has 3 aromatic carbocycles. The molecule has 3 aliphatic heterocycles. The molecule has 46 heavy (non-hydrogen) atoms. The Kier molecular flexibility index (Phi) is 9.35. The van der Waals surface area contributed by atoms with Crippen LogP contribution in [0.5, 0.6) is 0 Å². The molecule has 3 aliphatic rings. The minimum Gasteiger partial charge on any atom is -0.394 e. The number of aliphatic hydroxyl groups is 2. The number of aliphatic hydroxyl groups excluding tert-OH is 1. The summed E-state index contributed by atoms with van der Waals surface area (Å²) in [4.78, 5) is 43.8. The Morgan fingerprint density at radius 3 is 2.59 bits per heavy atom. The highest BCUT2D eigenvalue weighted by Crippen LogP contribution is 2.47. The summed E-state index contributed by atoms with van der Waals surface area (Å²) in [6, 6.07) is 22.5. The fourth-order valence-corrected chi connectivity index (χ4v) is 6.94. The smallest absolute Gasteiger partial charge is 0.264 e. The second kappa shape index (κ2) is 13.6. The molecule has 1 saturated heterocycles. The molecule has 0 saturated carbocycles. The van der Waals surface area contributed by atoms with Gasteiger partial charge in [0.25, 0.3) is 5.91 Å². The number of anilines is 2. The Hall–Kier alpha value is -4.31. The van der Waals surface area contributed by atoms with E-state index in [4.69, 9.17) is 0 Å². The summed E-state index contributed by atoms with van der Waals surface area (Å²) < 4.78 is 0. The highest BCUT2D eigenvalue weighted by atomic mass is 16.3. The minimum absolute atomic E-state index is 0.0688. The molecule has 6 rings (SSSR count). The third-order valence-corrected chi connectivity index (χ3v) is 9.65. The standard InChI is InChI=1S/C37H42N4O5/c1-25(9-7-15-34(43)40-23-29-13-6-5-12-27(29)19-31(40)24-42)37(46)32-20-30(39-35(44)28-14-8-18-38-21-28)16-17-33(32)41(36(37)45)22-26-10-3-2-4-11-26/h2-7,9-13,16-17,20,25,28,31,38,42,46H,8,14-15,18-19,21-24H2,1H3,(H,39,44)/b9-7+/t25-,28?,31+,37+/m1/s1. The quantitative estimate of drug-likeness (QED) is 0.269. The third kappa shape index (κ3) is 6.23. The Morgan fingerprint density at radius 2 is 1.85 bits per heavy atom. The van der Waals surface area contributed by atoms with Crippen LogP contribution in [0.25, 0.3) is 0 Å². The highest BCUT2D eigenvalue weighted by Gasteiger charge is 2.52. The average Bonchev–Trinajstić information content (AvgIpc) is 3.30. The minimum atomic E-state index is -1.91. The summed E-state index contributed by atoms with van der Waals surface area (Å²) in [6.45, 7) is 3.87. The van der Waals surface area contributed by atoms with Crippen molar-refractivity contribution in [3.63, 3.8) is 0 Å². The van der Waals surface area contributed by atoms with Crippen molar-refractivity contribution in [1.82, 2.24) is 10.2 Å². The van der Waals surface area contributed by atoms with Crippen molar-refractivity contribution in [3.8, 4) is 0 Å². The van der Waals surface area contributed by atoms with Gasteiger partial charge in [0.05, 0.1) is 30.8 Å². The number of carbonyl (C=O) groups excluding carboxylic acids is 3. The zero-order valence-electron chi connectivity index (χ0n) is 26.2. The first kappa shape index (κ1) is 31.7. The fraction of sp³-hybridized carbons (Fsp3) is 0.378. The summed E-state index contributed by atoms with van der Waals surface area (Å²) in [5.41, 5.74) is 2.75. The number of hydrogen-bond acceptors (Lipinski definition) is 6. The summed E-state index contributed by atoms with van der Waals surface area (Å²) in [6.07, 6.45) is 5.82. The first-order valence-corrected chi connectivity index (χ1v) is 16.2. The van der Waals surface area contributed by atoms with E-state index in [0.717, 1.165) is 36.1 Å². The molecule has 0 bridgehead atoms. The first-order chi connectivity index (χ1) is 22.3. The lowest BCUT2D eigenvalue weighted by Gasteiger charge is -2.36. The predicted octanol–water partition coefficient (Wildman–Crippen LogP) is 3.89. The molecule has 4 N–H and O–H groups in total. The van der Waals surface area contributed by atoms with Crippen molar-refractivity contribution in [2.24, 2.45) is 11.8 Å². The van der Waals surface area contributed by atoms with Gasteiger partial charge in [-0.1, -0.05) is 73.7 Å². The normalized spacial score (nSPS) is 23.2. The number of fused-ring (bicyclic) bond motifs is 2. The third-order valence-electron chi connectivity index (χ3n) is 9.65. The maximum atomic E-state index is 14.1. The highest BCUT2D eigenvalue weighted by molar-refractivity contribution is 6.08. The van der Waals surface area contributed by atoms with Crippen LogP contribution in [0.15, 0.2) is 84.9 Å². The van der Waals surface area contributed by atoms with E-state index in [1.165, 1.54) is 0 Å². The molecular weight excluding hydrogens is 580 g/mol. The van der Waals surface area contributed by atoms with Gasteiger partial charge in [0.1, 0.15) is 0 Å². The number of carbonyl (C=O) groups is 3. The molecule has 1 fully saturated rings. The van der Waals surface area contributed by atoms with Crippen LogP contribution in [-0.2, 0) is 39.5 Å². The molecular formula is C37H42N4O5. The Bertz CT molecular complexity index is 1620. The molecule has 0 aromatic heterocycles. The van der Waals surface area contributed by atoms with E-state index < -0.39 is 17.4 Å². The molecule has 9 heteroatoms. The predicted molar refractivity (Wildman–Crippen MR) is 177 cm³/mol. The van der Waals surface area contributed by atoms with E-state index in [9.17, 15) is 24.6 Å². The van der Waals surface area contributed by atoms with Crippen LogP contribution in [0.4, 0.5) is 11.4 Å². The second-order valence-corrected chi connectivity index (χ2v) is 12.7. The van der Waals surface area contributed by atoms with Crippen LogP contribution in [0, 0.1) is 11.8 Å². The number of nitrogens with one attached hydrogen (secondary N) is 2. The van der Waals surface area contributed by atoms with Gasteiger partial charge in [-0.2, -0.15) is 0 Å². The molecule has 0 aliphatic carbocycles. The van der Waals surface area contributed by atoms with Crippen molar-refractivity contribution in [2.75, 3.05) is 29.9 Å².